The predicted octanol–water partition coefficient (Wildman–Crippen LogP) is 3.03. The second kappa shape index (κ2) is 7.87. The predicted molar refractivity (Wildman–Crippen MR) is 83.8 cm³/mol. The number of urea groups is 1. The number of methoxy groups -OCH3 is 1. The van der Waals surface area contributed by atoms with Crippen molar-refractivity contribution < 1.29 is 19.4 Å². The van der Waals surface area contributed by atoms with Crippen LogP contribution in [-0.4, -0.2) is 42.2 Å². The molecule has 0 aliphatic heterocycles. The summed E-state index contributed by atoms with van der Waals surface area (Å²) < 4.78 is 5.81. The van der Waals surface area contributed by atoms with Crippen LogP contribution in [0.4, 0.5) is 10.5 Å². The fourth-order valence-electron chi connectivity index (χ4n) is 1.77. The van der Waals surface area contributed by atoms with Gasteiger partial charge in [-0.05, 0) is 40.0 Å². The molecule has 0 fully saturated rings. The van der Waals surface area contributed by atoms with Crippen LogP contribution in [0.3, 0.4) is 0 Å². The van der Waals surface area contributed by atoms with Crippen molar-refractivity contribution in [2.24, 2.45) is 5.92 Å². The number of carbonyl (C=O) groups excluding carboxylic acids is 1. The number of carboxylic acid groups (broad SMARTS) is 1. The van der Waals surface area contributed by atoms with E-state index in [-0.39, 0.29) is 12.5 Å². The van der Waals surface area contributed by atoms with Gasteiger partial charge in [-0.3, -0.25) is 4.79 Å². The molecule has 0 saturated carbocycles. The van der Waals surface area contributed by atoms with E-state index in [1.54, 1.807) is 25.3 Å². The van der Waals surface area contributed by atoms with Gasteiger partial charge in [0.2, 0.25) is 0 Å². The summed E-state index contributed by atoms with van der Waals surface area (Å²) in [6.07, 6.45) is 0. The van der Waals surface area contributed by atoms with Gasteiger partial charge in [0, 0.05) is 12.2 Å². The average Bonchev–Trinajstić information content (AvgIpc) is 2.37. The monoisotopic (exact) mass is 358 g/mol. The van der Waals surface area contributed by atoms with Crippen molar-refractivity contribution >= 4 is 33.6 Å². The highest BCUT2D eigenvalue weighted by Gasteiger charge is 2.18. The molecule has 0 spiro atoms. The number of nitrogens with zero attached hydrogens (tertiary/aromatic N) is 1. The van der Waals surface area contributed by atoms with Crippen LogP contribution in [0, 0.1) is 5.92 Å². The van der Waals surface area contributed by atoms with Gasteiger partial charge >= 0.3 is 12.0 Å². The maximum Gasteiger partial charge on any atom is 0.323 e. The van der Waals surface area contributed by atoms with E-state index >= 15 is 0 Å². The van der Waals surface area contributed by atoms with Crippen LogP contribution in [0.1, 0.15) is 13.8 Å². The number of carboxylic acids is 1. The first-order valence-corrected chi connectivity index (χ1v) is 7.24. The van der Waals surface area contributed by atoms with Gasteiger partial charge in [-0.2, -0.15) is 0 Å². The number of hydrogen-bond acceptors (Lipinski definition) is 3. The summed E-state index contributed by atoms with van der Waals surface area (Å²) >= 11 is 3.33. The van der Waals surface area contributed by atoms with Gasteiger partial charge in [0.1, 0.15) is 12.3 Å². The molecule has 0 atom stereocenters. The van der Waals surface area contributed by atoms with Crippen molar-refractivity contribution in [3.63, 3.8) is 0 Å². The van der Waals surface area contributed by atoms with E-state index in [2.05, 4.69) is 21.2 Å². The smallest absolute Gasteiger partial charge is 0.323 e. The summed E-state index contributed by atoms with van der Waals surface area (Å²) in [4.78, 5) is 24.3. The molecule has 0 unspecified atom stereocenters. The van der Waals surface area contributed by atoms with Crippen molar-refractivity contribution in [2.75, 3.05) is 25.5 Å². The highest BCUT2D eigenvalue weighted by Crippen LogP contribution is 2.27. The Balaban J connectivity index is 2.80. The van der Waals surface area contributed by atoms with Gasteiger partial charge in [0.25, 0.3) is 0 Å². The molecular weight excluding hydrogens is 340 g/mol. The third kappa shape index (κ3) is 5.63. The zero-order chi connectivity index (χ0) is 16.0. The maximum absolute atomic E-state index is 12.2. The van der Waals surface area contributed by atoms with Gasteiger partial charge in [0.15, 0.2) is 0 Å². The highest BCUT2D eigenvalue weighted by atomic mass is 79.9. The number of benzene rings is 1. The molecule has 6 nitrogen and oxygen atoms in total. The van der Waals surface area contributed by atoms with Crippen molar-refractivity contribution in [1.82, 2.24) is 4.90 Å². The number of halogens is 1. The van der Waals surface area contributed by atoms with Crippen LogP contribution in [0.2, 0.25) is 0 Å². The quantitative estimate of drug-likeness (QED) is 0.818. The first kappa shape index (κ1) is 17.3. The maximum atomic E-state index is 12.2. The normalized spacial score (nSPS) is 10.3. The number of amides is 2. The van der Waals surface area contributed by atoms with E-state index < -0.39 is 12.0 Å². The second-order valence-corrected chi connectivity index (χ2v) is 5.80. The van der Waals surface area contributed by atoms with Crippen molar-refractivity contribution in [1.29, 1.82) is 0 Å². The largest absolute Gasteiger partial charge is 0.496 e. The molecule has 1 aromatic carbocycles. The highest BCUT2D eigenvalue weighted by molar-refractivity contribution is 9.10. The molecule has 0 saturated heterocycles. The minimum absolute atomic E-state index is 0.178. The van der Waals surface area contributed by atoms with Crippen LogP contribution in [0.15, 0.2) is 22.7 Å². The molecule has 0 aliphatic carbocycles. The molecule has 0 aliphatic rings. The Labute approximate surface area is 132 Å². The van der Waals surface area contributed by atoms with E-state index in [9.17, 15) is 9.59 Å². The Bertz CT molecular complexity index is 520. The number of anilines is 1. The minimum Gasteiger partial charge on any atom is -0.496 e. The fraction of sp³-hybridized carbons (Fsp3) is 0.429. The summed E-state index contributed by atoms with van der Waals surface area (Å²) in [6.45, 7) is 3.88. The zero-order valence-corrected chi connectivity index (χ0v) is 13.8. The average molecular weight is 359 g/mol. The van der Waals surface area contributed by atoms with E-state index in [0.29, 0.717) is 22.5 Å². The number of rotatable bonds is 6. The van der Waals surface area contributed by atoms with Gasteiger partial charge in [-0.15, -0.1) is 0 Å². The molecular formula is C14H19BrN2O4. The van der Waals surface area contributed by atoms with E-state index in [0.717, 1.165) is 0 Å². The summed E-state index contributed by atoms with van der Waals surface area (Å²) in [5.41, 5.74) is 0.562. The lowest BCUT2D eigenvalue weighted by Gasteiger charge is -2.23. The van der Waals surface area contributed by atoms with Crippen LogP contribution < -0.4 is 10.1 Å². The molecule has 0 bridgehead atoms. The zero-order valence-electron chi connectivity index (χ0n) is 12.2. The van der Waals surface area contributed by atoms with E-state index in [4.69, 9.17) is 9.84 Å². The van der Waals surface area contributed by atoms with Crippen LogP contribution in [0.5, 0.6) is 5.75 Å². The lowest BCUT2D eigenvalue weighted by molar-refractivity contribution is -0.137. The van der Waals surface area contributed by atoms with Gasteiger partial charge < -0.3 is 20.1 Å². The van der Waals surface area contributed by atoms with Crippen LogP contribution in [-0.2, 0) is 4.79 Å². The Hall–Kier alpha value is -1.76. The molecule has 0 heterocycles. The van der Waals surface area contributed by atoms with Gasteiger partial charge in [-0.1, -0.05) is 13.8 Å². The van der Waals surface area contributed by atoms with Gasteiger partial charge in [-0.25, -0.2) is 4.79 Å². The summed E-state index contributed by atoms with van der Waals surface area (Å²) in [6, 6.07) is 4.66. The first-order chi connectivity index (χ1) is 9.83. The molecule has 1 rings (SSSR count). The lowest BCUT2D eigenvalue weighted by Crippen LogP contribution is -2.40. The Kier molecular flexibility index (Phi) is 6.48. The molecule has 21 heavy (non-hydrogen) atoms. The number of hydrogen-bond donors (Lipinski definition) is 2. The first-order valence-electron chi connectivity index (χ1n) is 6.44. The molecule has 7 heteroatoms. The molecule has 0 aromatic heterocycles. The van der Waals surface area contributed by atoms with Crippen molar-refractivity contribution in [3.8, 4) is 5.75 Å². The van der Waals surface area contributed by atoms with Gasteiger partial charge in [0.05, 0.1) is 11.6 Å². The van der Waals surface area contributed by atoms with Crippen molar-refractivity contribution in [3.05, 3.63) is 22.7 Å². The second-order valence-electron chi connectivity index (χ2n) is 4.95. The lowest BCUT2D eigenvalue weighted by atomic mass is 10.2. The topological polar surface area (TPSA) is 78.9 Å². The summed E-state index contributed by atoms with van der Waals surface area (Å²) in [5, 5.41) is 11.6. The molecule has 1 aromatic rings. The molecule has 0 radical (unpaired) electrons. The number of ether oxygens (including phenoxy) is 1. The third-order valence-corrected chi connectivity index (χ3v) is 3.22. The molecule has 116 valence electrons. The van der Waals surface area contributed by atoms with E-state index in [1.807, 2.05) is 13.8 Å². The minimum atomic E-state index is -1.04. The van der Waals surface area contributed by atoms with Crippen LogP contribution in [0.25, 0.3) is 0 Å². The molecule has 2 N–H and O–H groups in total. The third-order valence-electron chi connectivity index (χ3n) is 2.60. The Morgan fingerprint density at radius 2 is 2.10 bits per heavy atom. The Morgan fingerprint density at radius 1 is 1.43 bits per heavy atom. The summed E-state index contributed by atoms with van der Waals surface area (Å²) in [7, 11) is 1.55. The number of carbonyl (C=O) groups is 2. The van der Waals surface area contributed by atoms with E-state index in [1.165, 1.54) is 4.90 Å². The van der Waals surface area contributed by atoms with Crippen LogP contribution >= 0.6 is 15.9 Å². The molecule has 2 amide bonds. The number of aliphatic carboxylic acids is 1. The standard InChI is InChI=1S/C14H19BrN2O4/c1-9(2)7-17(8-13(18)19)14(20)16-10-4-5-12(21-3)11(15)6-10/h4-6,9H,7-8H2,1-3H3,(H,16,20)(H,18,19). The Morgan fingerprint density at radius 3 is 2.57 bits per heavy atom. The number of nitrogens with one attached hydrogen (secondary N) is 1. The van der Waals surface area contributed by atoms with Crippen molar-refractivity contribution in [2.45, 2.75) is 13.8 Å². The summed E-state index contributed by atoms with van der Waals surface area (Å²) in [5.74, 6) is -0.211. The SMILES string of the molecule is COc1ccc(NC(=O)N(CC(=O)O)CC(C)C)cc1Br. The fourth-order valence-corrected chi connectivity index (χ4v) is 2.31.